The van der Waals surface area contributed by atoms with Crippen molar-refractivity contribution in [2.75, 3.05) is 18.4 Å². The number of nitrogens with zero attached hydrogens (tertiary/aromatic N) is 2. The molecule has 1 N–H and O–H groups in total. The molecular formula is C15H15F2N3O2S. The Morgan fingerprint density at radius 2 is 1.74 bits per heavy atom. The van der Waals surface area contributed by atoms with E-state index < -0.39 is 21.7 Å². The van der Waals surface area contributed by atoms with Crippen molar-refractivity contribution in [3.05, 3.63) is 48.2 Å². The maximum atomic E-state index is 13.3. The monoisotopic (exact) mass is 339 g/mol. The number of pyridine rings is 1. The molecule has 0 bridgehead atoms. The molecular weight excluding hydrogens is 324 g/mol. The van der Waals surface area contributed by atoms with E-state index in [4.69, 9.17) is 0 Å². The van der Waals surface area contributed by atoms with Crippen LogP contribution in [0.1, 0.15) is 12.8 Å². The highest BCUT2D eigenvalue weighted by Gasteiger charge is 2.29. The lowest BCUT2D eigenvalue weighted by atomic mass is 10.3. The highest BCUT2D eigenvalue weighted by Crippen LogP contribution is 2.28. The van der Waals surface area contributed by atoms with Crippen molar-refractivity contribution in [3.63, 3.8) is 0 Å². The van der Waals surface area contributed by atoms with Crippen LogP contribution in [0.3, 0.4) is 0 Å². The van der Waals surface area contributed by atoms with Crippen LogP contribution in [0.15, 0.2) is 41.4 Å². The normalized spacial score (nSPS) is 15.7. The zero-order valence-electron chi connectivity index (χ0n) is 12.2. The minimum atomic E-state index is -3.69. The van der Waals surface area contributed by atoms with Gasteiger partial charge in [0.05, 0.1) is 0 Å². The Labute approximate surface area is 133 Å². The second-order valence-electron chi connectivity index (χ2n) is 5.24. The maximum absolute atomic E-state index is 13.3. The summed E-state index contributed by atoms with van der Waals surface area (Å²) in [5.74, 6) is -1.47. The number of halogens is 2. The van der Waals surface area contributed by atoms with Crippen molar-refractivity contribution in [1.82, 2.24) is 9.29 Å². The van der Waals surface area contributed by atoms with Gasteiger partial charge in [0.2, 0.25) is 10.0 Å². The summed E-state index contributed by atoms with van der Waals surface area (Å²) in [6.07, 6.45) is 3.05. The molecule has 1 fully saturated rings. The van der Waals surface area contributed by atoms with E-state index in [0.29, 0.717) is 13.1 Å². The molecule has 0 unspecified atom stereocenters. The average molecular weight is 339 g/mol. The van der Waals surface area contributed by atoms with E-state index >= 15 is 0 Å². The molecule has 1 aliphatic heterocycles. The standard InChI is InChI=1S/C15H15F2N3O2S/c16-11-8-12(17)10-13(9-11)19-15-14(4-3-5-18-15)23(21,22)20-6-1-2-7-20/h3-5,8-10H,1-2,6-7H2,(H,18,19). The molecule has 8 heteroatoms. The van der Waals surface area contributed by atoms with Crippen LogP contribution in [0.5, 0.6) is 0 Å². The minimum Gasteiger partial charge on any atom is -0.339 e. The van der Waals surface area contributed by atoms with Crippen molar-refractivity contribution in [3.8, 4) is 0 Å². The lowest BCUT2D eigenvalue weighted by Gasteiger charge is -2.18. The molecule has 1 aliphatic rings. The van der Waals surface area contributed by atoms with Gasteiger partial charge in [-0.3, -0.25) is 0 Å². The smallest absolute Gasteiger partial charge is 0.246 e. The molecule has 122 valence electrons. The number of hydrogen-bond acceptors (Lipinski definition) is 4. The molecule has 1 saturated heterocycles. The average Bonchev–Trinajstić information content (AvgIpc) is 3.01. The first-order valence-electron chi connectivity index (χ1n) is 7.15. The third kappa shape index (κ3) is 3.32. The Hall–Kier alpha value is -2.06. The highest BCUT2D eigenvalue weighted by molar-refractivity contribution is 7.89. The maximum Gasteiger partial charge on any atom is 0.246 e. The number of sulfonamides is 1. The van der Waals surface area contributed by atoms with Gasteiger partial charge in [-0.2, -0.15) is 4.31 Å². The van der Waals surface area contributed by atoms with E-state index in [9.17, 15) is 17.2 Å². The van der Waals surface area contributed by atoms with Gasteiger partial charge in [0, 0.05) is 31.0 Å². The SMILES string of the molecule is O=S(=O)(c1cccnc1Nc1cc(F)cc(F)c1)N1CCCC1. The van der Waals surface area contributed by atoms with Gasteiger partial charge in [0.15, 0.2) is 5.82 Å². The molecule has 0 spiro atoms. The number of benzene rings is 1. The van der Waals surface area contributed by atoms with Gasteiger partial charge < -0.3 is 5.32 Å². The summed E-state index contributed by atoms with van der Waals surface area (Å²) in [5, 5.41) is 2.69. The summed E-state index contributed by atoms with van der Waals surface area (Å²) in [7, 11) is -3.69. The van der Waals surface area contributed by atoms with Crippen LogP contribution in [0.2, 0.25) is 0 Å². The highest BCUT2D eigenvalue weighted by atomic mass is 32.2. The second kappa shape index (κ2) is 6.21. The first-order chi connectivity index (χ1) is 11.0. The Balaban J connectivity index is 1.97. The molecule has 0 amide bonds. The van der Waals surface area contributed by atoms with Crippen LogP contribution in [-0.4, -0.2) is 30.8 Å². The van der Waals surface area contributed by atoms with Crippen molar-refractivity contribution >= 4 is 21.5 Å². The van der Waals surface area contributed by atoms with Crippen molar-refractivity contribution in [2.24, 2.45) is 0 Å². The number of aromatic nitrogens is 1. The molecule has 1 aromatic heterocycles. The van der Waals surface area contributed by atoms with E-state index in [-0.39, 0.29) is 16.4 Å². The van der Waals surface area contributed by atoms with E-state index in [1.807, 2.05) is 0 Å². The van der Waals surface area contributed by atoms with Crippen LogP contribution in [-0.2, 0) is 10.0 Å². The zero-order chi connectivity index (χ0) is 16.4. The van der Waals surface area contributed by atoms with Crippen LogP contribution < -0.4 is 5.32 Å². The Kier molecular flexibility index (Phi) is 4.27. The molecule has 2 heterocycles. The number of hydrogen-bond donors (Lipinski definition) is 1. The van der Waals surface area contributed by atoms with Gasteiger partial charge in [0.1, 0.15) is 16.5 Å². The van der Waals surface area contributed by atoms with E-state index in [0.717, 1.165) is 31.0 Å². The summed E-state index contributed by atoms with van der Waals surface area (Å²) in [5.41, 5.74) is 0.0964. The summed E-state index contributed by atoms with van der Waals surface area (Å²) < 4.78 is 53.3. The fraction of sp³-hybridized carbons (Fsp3) is 0.267. The minimum absolute atomic E-state index is 0.00781. The topological polar surface area (TPSA) is 62.3 Å². The van der Waals surface area contributed by atoms with Crippen molar-refractivity contribution in [1.29, 1.82) is 0 Å². The van der Waals surface area contributed by atoms with Crippen LogP contribution in [0, 0.1) is 11.6 Å². The third-order valence-electron chi connectivity index (χ3n) is 3.58. The van der Waals surface area contributed by atoms with Gasteiger partial charge >= 0.3 is 0 Å². The number of nitrogens with one attached hydrogen (secondary N) is 1. The van der Waals surface area contributed by atoms with Gasteiger partial charge in [-0.25, -0.2) is 22.2 Å². The Morgan fingerprint density at radius 3 is 2.39 bits per heavy atom. The predicted molar refractivity (Wildman–Crippen MR) is 81.9 cm³/mol. The first kappa shape index (κ1) is 15.8. The van der Waals surface area contributed by atoms with Crippen molar-refractivity contribution in [2.45, 2.75) is 17.7 Å². The molecule has 23 heavy (non-hydrogen) atoms. The van der Waals surface area contributed by atoms with Crippen LogP contribution in [0.4, 0.5) is 20.3 Å². The largest absolute Gasteiger partial charge is 0.339 e. The zero-order valence-corrected chi connectivity index (χ0v) is 13.0. The molecule has 2 aromatic rings. The molecule has 0 saturated carbocycles. The van der Waals surface area contributed by atoms with Gasteiger partial charge in [-0.15, -0.1) is 0 Å². The van der Waals surface area contributed by atoms with E-state index in [1.165, 1.54) is 22.6 Å². The third-order valence-corrected chi connectivity index (χ3v) is 5.51. The molecule has 3 rings (SSSR count). The van der Waals surface area contributed by atoms with Gasteiger partial charge in [-0.05, 0) is 37.1 Å². The van der Waals surface area contributed by atoms with E-state index in [1.54, 1.807) is 0 Å². The fourth-order valence-electron chi connectivity index (χ4n) is 2.52. The quantitative estimate of drug-likeness (QED) is 0.930. The van der Waals surface area contributed by atoms with Crippen LogP contribution >= 0.6 is 0 Å². The summed E-state index contributed by atoms with van der Waals surface area (Å²) >= 11 is 0. The summed E-state index contributed by atoms with van der Waals surface area (Å²) in [6, 6.07) is 5.83. The number of rotatable bonds is 4. The molecule has 0 atom stereocenters. The molecule has 5 nitrogen and oxygen atoms in total. The fourth-order valence-corrected chi connectivity index (χ4v) is 4.14. The first-order valence-corrected chi connectivity index (χ1v) is 8.59. The summed E-state index contributed by atoms with van der Waals surface area (Å²) in [4.78, 5) is 4.00. The molecule has 0 aliphatic carbocycles. The van der Waals surface area contributed by atoms with Crippen molar-refractivity contribution < 1.29 is 17.2 Å². The lowest BCUT2D eigenvalue weighted by Crippen LogP contribution is -2.28. The predicted octanol–water partition coefficient (Wildman–Crippen LogP) is 2.89. The van der Waals surface area contributed by atoms with Gasteiger partial charge in [0.25, 0.3) is 0 Å². The van der Waals surface area contributed by atoms with Gasteiger partial charge in [-0.1, -0.05) is 0 Å². The molecule has 1 aromatic carbocycles. The second-order valence-corrected chi connectivity index (χ2v) is 7.15. The Morgan fingerprint density at radius 1 is 1.09 bits per heavy atom. The van der Waals surface area contributed by atoms with Crippen LogP contribution in [0.25, 0.3) is 0 Å². The lowest BCUT2D eigenvalue weighted by molar-refractivity contribution is 0.477. The number of anilines is 2. The van der Waals surface area contributed by atoms with E-state index in [2.05, 4.69) is 10.3 Å². The summed E-state index contributed by atoms with van der Waals surface area (Å²) in [6.45, 7) is 0.927. The molecule has 0 radical (unpaired) electrons. The Bertz CT molecular complexity index is 801.